The van der Waals surface area contributed by atoms with Crippen LogP contribution in [0.25, 0.3) is 6.08 Å². The zero-order valence-electron chi connectivity index (χ0n) is 20.1. The number of para-hydroxylation sites is 1. The molecule has 5 rings (SSSR count). The van der Waals surface area contributed by atoms with Gasteiger partial charge in [-0.05, 0) is 41.0 Å². The second kappa shape index (κ2) is 8.24. The van der Waals surface area contributed by atoms with Gasteiger partial charge < -0.3 is 19.3 Å². The minimum absolute atomic E-state index is 0.128. The molecule has 1 saturated heterocycles. The van der Waals surface area contributed by atoms with Crippen molar-refractivity contribution in [3.05, 3.63) is 95.6 Å². The van der Waals surface area contributed by atoms with Gasteiger partial charge in [-0.15, -0.1) is 0 Å². The first kappa shape index (κ1) is 22.1. The molecule has 0 unspecified atom stereocenters. The lowest BCUT2D eigenvalue weighted by molar-refractivity contribution is -0.131. The van der Waals surface area contributed by atoms with Gasteiger partial charge in [-0.2, -0.15) is 0 Å². The molecule has 2 aliphatic rings. The predicted molar refractivity (Wildman–Crippen MR) is 135 cm³/mol. The van der Waals surface area contributed by atoms with E-state index in [0.717, 1.165) is 16.8 Å². The quantitative estimate of drug-likeness (QED) is 0.510. The number of benzene rings is 3. The van der Waals surface area contributed by atoms with Crippen LogP contribution in [0.1, 0.15) is 30.5 Å². The molecule has 0 N–H and O–H groups in total. The van der Waals surface area contributed by atoms with E-state index in [-0.39, 0.29) is 11.3 Å². The van der Waals surface area contributed by atoms with Crippen molar-refractivity contribution in [3.8, 4) is 11.5 Å². The molecule has 0 spiro atoms. The molecule has 0 radical (unpaired) electrons. The fourth-order valence-electron chi connectivity index (χ4n) is 5.59. The van der Waals surface area contributed by atoms with Crippen LogP contribution in [0.5, 0.6) is 11.5 Å². The third kappa shape index (κ3) is 3.18. The summed E-state index contributed by atoms with van der Waals surface area (Å²) in [5.41, 5.74) is 3.49. The number of carbonyl (C=O) groups is 1. The smallest absolute Gasteiger partial charge is 0.244 e. The monoisotopic (exact) mass is 454 g/mol. The number of hydrogen-bond acceptors (Lipinski definition) is 4. The molecule has 0 saturated carbocycles. The Morgan fingerprint density at radius 1 is 0.912 bits per heavy atom. The van der Waals surface area contributed by atoms with E-state index in [2.05, 4.69) is 61.2 Å². The second-order valence-electron chi connectivity index (χ2n) is 9.37. The van der Waals surface area contributed by atoms with Crippen LogP contribution in [0.2, 0.25) is 0 Å². The molecule has 5 nitrogen and oxygen atoms in total. The highest BCUT2D eigenvalue weighted by atomic mass is 16.5. The highest BCUT2D eigenvalue weighted by molar-refractivity contribution is 5.91. The lowest BCUT2D eigenvalue weighted by atomic mass is 9.74. The van der Waals surface area contributed by atoms with E-state index in [9.17, 15) is 4.79 Å². The van der Waals surface area contributed by atoms with E-state index in [1.165, 1.54) is 5.56 Å². The van der Waals surface area contributed by atoms with E-state index < -0.39 is 5.66 Å². The van der Waals surface area contributed by atoms with E-state index in [0.29, 0.717) is 24.6 Å². The maximum absolute atomic E-state index is 13.5. The van der Waals surface area contributed by atoms with E-state index in [1.54, 1.807) is 14.2 Å². The van der Waals surface area contributed by atoms with E-state index >= 15 is 0 Å². The van der Waals surface area contributed by atoms with Gasteiger partial charge in [0.25, 0.3) is 0 Å². The minimum atomic E-state index is -0.642. The number of carbonyl (C=O) groups excluding carboxylic acids is 1. The molecule has 1 fully saturated rings. The Labute approximate surface area is 201 Å². The number of fused-ring (bicyclic) bond motifs is 3. The molecule has 3 aromatic carbocycles. The van der Waals surface area contributed by atoms with Crippen LogP contribution in [0.3, 0.4) is 0 Å². The van der Waals surface area contributed by atoms with Gasteiger partial charge in [0, 0.05) is 17.6 Å². The van der Waals surface area contributed by atoms with Crippen molar-refractivity contribution in [2.45, 2.75) is 31.5 Å². The van der Waals surface area contributed by atoms with E-state index in [4.69, 9.17) is 9.47 Å². The Bertz CT molecular complexity index is 1250. The van der Waals surface area contributed by atoms with Gasteiger partial charge in [0.1, 0.15) is 5.66 Å². The lowest BCUT2D eigenvalue weighted by Crippen LogP contribution is -2.60. The van der Waals surface area contributed by atoms with Crippen LogP contribution in [0.4, 0.5) is 5.69 Å². The summed E-state index contributed by atoms with van der Waals surface area (Å²) in [4.78, 5) is 17.8. The van der Waals surface area contributed by atoms with Crippen molar-refractivity contribution in [2.24, 2.45) is 0 Å². The molecule has 2 aliphatic heterocycles. The molecule has 34 heavy (non-hydrogen) atoms. The molecule has 3 aromatic rings. The molecule has 0 aliphatic carbocycles. The van der Waals surface area contributed by atoms with Gasteiger partial charge in [0.05, 0.1) is 20.8 Å². The van der Waals surface area contributed by atoms with Gasteiger partial charge >= 0.3 is 0 Å². The molecule has 1 amide bonds. The zero-order chi connectivity index (χ0) is 23.9. The third-order valence-corrected chi connectivity index (χ3v) is 7.30. The molecular weight excluding hydrogens is 424 g/mol. The normalized spacial score (nSPS) is 20.5. The van der Waals surface area contributed by atoms with Crippen LogP contribution in [0.15, 0.2) is 78.9 Å². The number of rotatable bonds is 6. The van der Waals surface area contributed by atoms with Gasteiger partial charge in [-0.1, -0.05) is 74.5 Å². The van der Waals surface area contributed by atoms with Crippen molar-refractivity contribution in [3.63, 3.8) is 0 Å². The number of anilines is 1. The molecule has 0 bridgehead atoms. The lowest BCUT2D eigenvalue weighted by Gasteiger charge is -2.46. The minimum Gasteiger partial charge on any atom is -0.493 e. The van der Waals surface area contributed by atoms with Crippen molar-refractivity contribution < 1.29 is 14.3 Å². The van der Waals surface area contributed by atoms with Crippen LogP contribution >= 0.6 is 0 Å². The van der Waals surface area contributed by atoms with Crippen LogP contribution < -0.4 is 14.4 Å². The maximum Gasteiger partial charge on any atom is 0.244 e. The van der Waals surface area contributed by atoms with Crippen molar-refractivity contribution in [1.29, 1.82) is 0 Å². The standard InChI is InChI=1S/C29H30N2O3/c1-28(2)23-12-8-9-13-24(23)30-20-27(32)31(19-22-10-6-5-7-11-22)29(28,30)17-16-21-14-15-25(33-3)26(18-21)34-4/h5-18H,19-20H2,1-4H3/b17-16-/t29-/m1/s1. The Morgan fingerprint density at radius 2 is 1.62 bits per heavy atom. The fraction of sp³-hybridized carbons (Fsp3) is 0.276. The number of ether oxygens (including phenoxy) is 2. The van der Waals surface area contributed by atoms with Crippen molar-refractivity contribution in [2.75, 3.05) is 25.7 Å². The van der Waals surface area contributed by atoms with Crippen molar-refractivity contribution >= 4 is 17.7 Å². The molecule has 174 valence electrons. The molecule has 2 heterocycles. The van der Waals surface area contributed by atoms with Crippen molar-refractivity contribution in [1.82, 2.24) is 4.90 Å². The molecule has 1 atom stereocenters. The summed E-state index contributed by atoms with van der Waals surface area (Å²) < 4.78 is 10.9. The first-order valence-corrected chi connectivity index (χ1v) is 11.5. The highest BCUT2D eigenvalue weighted by Gasteiger charge is 2.63. The molecular formula is C29H30N2O3. The number of hydrogen-bond donors (Lipinski definition) is 0. The van der Waals surface area contributed by atoms with Gasteiger partial charge in [-0.25, -0.2) is 0 Å². The Morgan fingerprint density at radius 3 is 2.35 bits per heavy atom. The maximum atomic E-state index is 13.5. The van der Waals surface area contributed by atoms with Gasteiger partial charge in [-0.3, -0.25) is 4.79 Å². The average molecular weight is 455 g/mol. The van der Waals surface area contributed by atoms with E-state index in [1.807, 2.05) is 47.4 Å². The fourth-order valence-corrected chi connectivity index (χ4v) is 5.59. The topological polar surface area (TPSA) is 42.0 Å². The van der Waals surface area contributed by atoms with Crippen LogP contribution in [0, 0.1) is 0 Å². The van der Waals surface area contributed by atoms with Crippen LogP contribution in [-0.2, 0) is 16.8 Å². The summed E-state index contributed by atoms with van der Waals surface area (Å²) in [5.74, 6) is 1.50. The zero-order valence-corrected chi connectivity index (χ0v) is 20.1. The Kier molecular flexibility index (Phi) is 5.35. The SMILES string of the molecule is COc1ccc(/C=C\[C@]23N(Cc4ccccc4)C(=O)CN2c2ccccc2C3(C)C)cc1OC. The predicted octanol–water partition coefficient (Wildman–Crippen LogP) is 5.25. The summed E-state index contributed by atoms with van der Waals surface area (Å²) >= 11 is 0. The summed E-state index contributed by atoms with van der Waals surface area (Å²) in [6.45, 7) is 5.37. The number of methoxy groups -OCH3 is 2. The number of amides is 1. The largest absolute Gasteiger partial charge is 0.493 e. The first-order valence-electron chi connectivity index (χ1n) is 11.5. The average Bonchev–Trinajstić information content (AvgIpc) is 3.24. The molecule has 5 heteroatoms. The van der Waals surface area contributed by atoms with Gasteiger partial charge in [0.15, 0.2) is 11.5 Å². The summed E-state index contributed by atoms with van der Waals surface area (Å²) in [6.07, 6.45) is 4.29. The summed E-state index contributed by atoms with van der Waals surface area (Å²) in [6, 6.07) is 24.5. The third-order valence-electron chi connectivity index (χ3n) is 7.30. The second-order valence-corrected chi connectivity index (χ2v) is 9.37. The Balaban J connectivity index is 1.65. The number of nitrogens with zero attached hydrogens (tertiary/aromatic N) is 2. The van der Waals surface area contributed by atoms with Gasteiger partial charge in [0.2, 0.25) is 5.91 Å². The van der Waals surface area contributed by atoms with Crippen LogP contribution in [-0.4, -0.2) is 37.2 Å². The first-order chi connectivity index (χ1) is 16.4. The Hall–Kier alpha value is -3.73. The summed E-state index contributed by atoms with van der Waals surface area (Å²) in [7, 11) is 3.27. The molecule has 0 aromatic heterocycles. The summed E-state index contributed by atoms with van der Waals surface area (Å²) in [5, 5.41) is 0. The highest BCUT2D eigenvalue weighted by Crippen LogP contribution is 2.56.